The number of ether oxygens (including phenoxy) is 1. The van der Waals surface area contributed by atoms with Gasteiger partial charge in [-0.1, -0.05) is 60.7 Å². The first kappa shape index (κ1) is 11.9. The molecule has 0 atom stereocenters. The molecule has 0 aliphatic rings. The maximum absolute atomic E-state index is 5.69. The smallest absolute Gasteiger partial charge is 0.226 e. The SMILES string of the molecule is c1ccc(COc2cc(-c3ccccc3)sn2)cc1. The fraction of sp³-hybridized carbons (Fsp3) is 0.0625. The Labute approximate surface area is 116 Å². The normalized spacial score (nSPS) is 10.3. The Balaban J connectivity index is 1.69. The van der Waals surface area contributed by atoms with Crippen molar-refractivity contribution in [1.29, 1.82) is 0 Å². The average Bonchev–Trinajstić information content (AvgIpc) is 2.96. The Morgan fingerprint density at radius 1 is 0.895 bits per heavy atom. The van der Waals surface area contributed by atoms with Crippen LogP contribution >= 0.6 is 11.5 Å². The fourth-order valence-corrected chi connectivity index (χ4v) is 2.49. The molecule has 0 aliphatic carbocycles. The van der Waals surface area contributed by atoms with Gasteiger partial charge in [-0.05, 0) is 22.7 Å². The third kappa shape index (κ3) is 3.01. The molecule has 0 amide bonds. The van der Waals surface area contributed by atoms with E-state index in [-0.39, 0.29) is 0 Å². The Morgan fingerprint density at radius 3 is 2.32 bits per heavy atom. The summed E-state index contributed by atoms with van der Waals surface area (Å²) in [6.45, 7) is 0.554. The first-order valence-electron chi connectivity index (χ1n) is 6.11. The Bertz CT molecular complexity index is 634. The number of rotatable bonds is 4. The van der Waals surface area contributed by atoms with Gasteiger partial charge in [0.25, 0.3) is 0 Å². The molecule has 0 saturated carbocycles. The predicted octanol–water partition coefficient (Wildman–Crippen LogP) is 4.39. The van der Waals surface area contributed by atoms with Crippen LogP contribution in [-0.2, 0) is 6.61 Å². The van der Waals surface area contributed by atoms with Crippen molar-refractivity contribution in [3.8, 4) is 16.3 Å². The van der Waals surface area contributed by atoms with Crippen LogP contribution in [0.1, 0.15) is 5.56 Å². The number of nitrogens with zero attached hydrogens (tertiary/aromatic N) is 1. The summed E-state index contributed by atoms with van der Waals surface area (Å²) in [7, 11) is 0. The first-order valence-corrected chi connectivity index (χ1v) is 6.88. The van der Waals surface area contributed by atoms with Gasteiger partial charge >= 0.3 is 0 Å². The van der Waals surface area contributed by atoms with E-state index in [1.807, 2.05) is 54.6 Å². The van der Waals surface area contributed by atoms with E-state index in [0.717, 1.165) is 10.4 Å². The lowest BCUT2D eigenvalue weighted by molar-refractivity contribution is 0.297. The zero-order valence-electron chi connectivity index (χ0n) is 10.3. The molecule has 2 nitrogen and oxygen atoms in total. The highest BCUT2D eigenvalue weighted by Crippen LogP contribution is 2.28. The van der Waals surface area contributed by atoms with Gasteiger partial charge in [0.15, 0.2) is 0 Å². The second-order valence-electron chi connectivity index (χ2n) is 4.17. The second kappa shape index (κ2) is 5.67. The standard InChI is InChI=1S/C16H13NOS/c1-3-7-13(8-4-1)12-18-16-11-15(19-17-16)14-9-5-2-6-10-14/h1-11H,12H2. The van der Waals surface area contributed by atoms with Crippen molar-refractivity contribution in [3.05, 3.63) is 72.3 Å². The van der Waals surface area contributed by atoms with Crippen LogP contribution in [0.25, 0.3) is 10.4 Å². The Hall–Kier alpha value is -2.13. The predicted molar refractivity (Wildman–Crippen MR) is 78.3 cm³/mol. The molecule has 0 bridgehead atoms. The van der Waals surface area contributed by atoms with Crippen LogP contribution in [0.4, 0.5) is 0 Å². The number of hydrogen-bond donors (Lipinski definition) is 0. The van der Waals surface area contributed by atoms with E-state index >= 15 is 0 Å². The summed E-state index contributed by atoms with van der Waals surface area (Å²) in [5.41, 5.74) is 2.33. The zero-order valence-corrected chi connectivity index (χ0v) is 11.1. The minimum atomic E-state index is 0.554. The Morgan fingerprint density at radius 2 is 1.58 bits per heavy atom. The molecule has 0 N–H and O–H groups in total. The molecule has 1 heterocycles. The van der Waals surface area contributed by atoms with Crippen LogP contribution < -0.4 is 4.74 Å². The topological polar surface area (TPSA) is 22.1 Å². The van der Waals surface area contributed by atoms with E-state index in [1.165, 1.54) is 17.1 Å². The van der Waals surface area contributed by atoms with Gasteiger partial charge in [0.1, 0.15) is 6.61 Å². The van der Waals surface area contributed by atoms with Gasteiger partial charge in [-0.25, -0.2) is 0 Å². The summed E-state index contributed by atoms with van der Waals surface area (Å²) in [6.07, 6.45) is 0. The molecule has 3 aromatic rings. The van der Waals surface area contributed by atoms with Crippen LogP contribution in [0.5, 0.6) is 5.88 Å². The van der Waals surface area contributed by atoms with Gasteiger partial charge < -0.3 is 4.74 Å². The molecule has 19 heavy (non-hydrogen) atoms. The summed E-state index contributed by atoms with van der Waals surface area (Å²) in [6, 6.07) is 22.3. The molecule has 0 aliphatic heterocycles. The highest BCUT2D eigenvalue weighted by molar-refractivity contribution is 7.09. The molecule has 1 aromatic heterocycles. The monoisotopic (exact) mass is 267 g/mol. The van der Waals surface area contributed by atoms with E-state index in [0.29, 0.717) is 12.5 Å². The quantitative estimate of drug-likeness (QED) is 0.699. The van der Waals surface area contributed by atoms with Gasteiger partial charge in [0.05, 0.1) is 4.88 Å². The average molecular weight is 267 g/mol. The fourth-order valence-electron chi connectivity index (χ4n) is 1.80. The van der Waals surface area contributed by atoms with Gasteiger partial charge in [-0.3, -0.25) is 0 Å². The van der Waals surface area contributed by atoms with Gasteiger partial charge in [-0.15, -0.1) is 0 Å². The van der Waals surface area contributed by atoms with E-state index in [1.54, 1.807) is 0 Å². The lowest BCUT2D eigenvalue weighted by atomic mass is 10.2. The zero-order chi connectivity index (χ0) is 12.9. The third-order valence-electron chi connectivity index (χ3n) is 2.78. The molecule has 0 spiro atoms. The lowest BCUT2D eigenvalue weighted by Gasteiger charge is -2.01. The van der Waals surface area contributed by atoms with Crippen molar-refractivity contribution >= 4 is 11.5 Å². The van der Waals surface area contributed by atoms with Crippen LogP contribution in [0.3, 0.4) is 0 Å². The molecule has 94 valence electrons. The summed E-state index contributed by atoms with van der Waals surface area (Å²) < 4.78 is 10.0. The molecule has 0 unspecified atom stereocenters. The molecule has 0 saturated heterocycles. The van der Waals surface area contributed by atoms with Crippen LogP contribution in [-0.4, -0.2) is 4.37 Å². The minimum absolute atomic E-state index is 0.554. The van der Waals surface area contributed by atoms with E-state index in [4.69, 9.17) is 4.74 Å². The molecule has 0 fully saturated rings. The van der Waals surface area contributed by atoms with E-state index in [2.05, 4.69) is 16.5 Å². The van der Waals surface area contributed by atoms with Crippen molar-refractivity contribution in [2.75, 3.05) is 0 Å². The number of aromatic nitrogens is 1. The molecule has 0 radical (unpaired) electrons. The minimum Gasteiger partial charge on any atom is -0.472 e. The summed E-state index contributed by atoms with van der Waals surface area (Å²) >= 11 is 1.46. The third-order valence-corrected chi connectivity index (χ3v) is 3.60. The molecule has 2 aromatic carbocycles. The summed E-state index contributed by atoms with van der Waals surface area (Å²) in [4.78, 5) is 1.13. The van der Waals surface area contributed by atoms with Gasteiger partial charge in [-0.2, -0.15) is 4.37 Å². The number of benzene rings is 2. The van der Waals surface area contributed by atoms with Crippen molar-refractivity contribution in [2.45, 2.75) is 6.61 Å². The van der Waals surface area contributed by atoms with Crippen LogP contribution in [0.15, 0.2) is 66.7 Å². The summed E-state index contributed by atoms with van der Waals surface area (Å²) in [5.74, 6) is 0.688. The van der Waals surface area contributed by atoms with Crippen molar-refractivity contribution in [1.82, 2.24) is 4.37 Å². The maximum Gasteiger partial charge on any atom is 0.226 e. The van der Waals surface area contributed by atoms with E-state index < -0.39 is 0 Å². The molecular weight excluding hydrogens is 254 g/mol. The van der Waals surface area contributed by atoms with Crippen LogP contribution in [0, 0.1) is 0 Å². The van der Waals surface area contributed by atoms with Gasteiger partial charge in [0.2, 0.25) is 5.88 Å². The van der Waals surface area contributed by atoms with Gasteiger partial charge in [0, 0.05) is 6.07 Å². The van der Waals surface area contributed by atoms with E-state index in [9.17, 15) is 0 Å². The molecule has 3 heteroatoms. The largest absolute Gasteiger partial charge is 0.472 e. The molecule has 3 rings (SSSR count). The highest BCUT2D eigenvalue weighted by Gasteiger charge is 2.04. The second-order valence-corrected chi connectivity index (χ2v) is 4.97. The van der Waals surface area contributed by atoms with Crippen molar-refractivity contribution in [3.63, 3.8) is 0 Å². The maximum atomic E-state index is 5.69. The van der Waals surface area contributed by atoms with Crippen molar-refractivity contribution < 1.29 is 4.74 Å². The highest BCUT2D eigenvalue weighted by atomic mass is 32.1. The van der Waals surface area contributed by atoms with Crippen molar-refractivity contribution in [2.24, 2.45) is 0 Å². The number of hydrogen-bond acceptors (Lipinski definition) is 3. The summed E-state index contributed by atoms with van der Waals surface area (Å²) in [5, 5.41) is 0. The Kier molecular flexibility index (Phi) is 3.56. The first-order chi connectivity index (χ1) is 9.42. The molecular formula is C16H13NOS. The van der Waals surface area contributed by atoms with Crippen LogP contribution in [0.2, 0.25) is 0 Å². The lowest BCUT2D eigenvalue weighted by Crippen LogP contribution is -1.94.